The van der Waals surface area contributed by atoms with Crippen molar-refractivity contribution in [1.29, 1.82) is 0 Å². The van der Waals surface area contributed by atoms with E-state index in [1.54, 1.807) is 0 Å². The fourth-order valence-corrected chi connectivity index (χ4v) is 4.61. The number of unbranched alkanes of at least 4 members (excludes halogenated alkanes) is 7. The van der Waals surface area contributed by atoms with Crippen LogP contribution in [0.3, 0.4) is 0 Å². The Bertz CT molecular complexity index is 958. The van der Waals surface area contributed by atoms with E-state index >= 15 is 0 Å². The van der Waals surface area contributed by atoms with Gasteiger partial charge in [0.05, 0.1) is 22.8 Å². The molecular formula is C33H50N2Pd. The zero-order valence-corrected chi connectivity index (χ0v) is 25.4. The molecule has 2 aromatic rings. The van der Waals surface area contributed by atoms with Crippen LogP contribution in [-0.2, 0) is 33.3 Å². The van der Waals surface area contributed by atoms with Gasteiger partial charge < -0.3 is 0 Å². The van der Waals surface area contributed by atoms with Crippen LogP contribution in [0.2, 0.25) is 0 Å². The second-order valence-corrected chi connectivity index (χ2v) is 10.0. The Morgan fingerprint density at radius 1 is 0.556 bits per heavy atom. The first-order valence-electron chi connectivity index (χ1n) is 14.4. The Morgan fingerprint density at radius 3 is 1.64 bits per heavy atom. The van der Waals surface area contributed by atoms with Gasteiger partial charge >= 0.3 is 0 Å². The van der Waals surface area contributed by atoms with Gasteiger partial charge in [0.1, 0.15) is 0 Å². The van der Waals surface area contributed by atoms with Gasteiger partial charge in [-0.25, -0.2) is 0 Å². The molecular weight excluding hydrogens is 531 g/mol. The fourth-order valence-electron chi connectivity index (χ4n) is 4.61. The van der Waals surface area contributed by atoms with Crippen LogP contribution in [0.1, 0.15) is 121 Å². The minimum absolute atomic E-state index is 0. The standard InChI is InChI=1S/C33H50N2.Pd/c1-7-11-13-14-15-17-19-33(35-31-23-21-28(9-3)29(10-4)25-31)32(18-16-12-8-2)34-30-22-20-26(5)27(6)24-30;/h20-25H,7-19H2,1-6H3;. The quantitative estimate of drug-likeness (QED) is 0.107. The molecule has 0 atom stereocenters. The average Bonchev–Trinajstić information content (AvgIpc) is 2.87. The topological polar surface area (TPSA) is 24.7 Å². The van der Waals surface area contributed by atoms with E-state index in [1.807, 2.05) is 0 Å². The van der Waals surface area contributed by atoms with Gasteiger partial charge in [-0.3, -0.25) is 9.98 Å². The summed E-state index contributed by atoms with van der Waals surface area (Å²) in [7, 11) is 0. The maximum absolute atomic E-state index is 5.28. The van der Waals surface area contributed by atoms with Crippen LogP contribution >= 0.6 is 0 Å². The molecule has 0 bridgehead atoms. The molecule has 2 nitrogen and oxygen atoms in total. The van der Waals surface area contributed by atoms with Crippen LogP contribution in [0.25, 0.3) is 0 Å². The van der Waals surface area contributed by atoms with Crippen LogP contribution in [0.5, 0.6) is 0 Å². The summed E-state index contributed by atoms with van der Waals surface area (Å²) in [6.07, 6.45) is 15.6. The molecule has 0 aromatic heterocycles. The van der Waals surface area contributed by atoms with E-state index in [4.69, 9.17) is 9.98 Å². The molecule has 3 heteroatoms. The van der Waals surface area contributed by atoms with Crippen molar-refractivity contribution in [2.24, 2.45) is 9.98 Å². The van der Waals surface area contributed by atoms with E-state index in [-0.39, 0.29) is 20.4 Å². The van der Waals surface area contributed by atoms with E-state index in [9.17, 15) is 0 Å². The van der Waals surface area contributed by atoms with Crippen molar-refractivity contribution in [2.75, 3.05) is 0 Å². The van der Waals surface area contributed by atoms with E-state index in [2.05, 4.69) is 77.9 Å². The first kappa shape index (κ1) is 32.5. The summed E-state index contributed by atoms with van der Waals surface area (Å²) >= 11 is 0. The third kappa shape index (κ3) is 11.2. The van der Waals surface area contributed by atoms with Crippen molar-refractivity contribution in [2.45, 2.75) is 125 Å². The van der Waals surface area contributed by atoms with Crippen LogP contribution in [0.15, 0.2) is 46.4 Å². The molecule has 0 unspecified atom stereocenters. The fraction of sp³-hybridized carbons (Fsp3) is 0.576. The minimum atomic E-state index is 0. The third-order valence-corrected chi connectivity index (χ3v) is 7.09. The molecule has 2 rings (SSSR count). The molecule has 0 saturated carbocycles. The Labute approximate surface area is 236 Å². The summed E-state index contributed by atoms with van der Waals surface area (Å²) in [5.74, 6) is 0. The molecule has 0 aliphatic carbocycles. The molecule has 0 spiro atoms. The van der Waals surface area contributed by atoms with E-state index in [1.165, 1.54) is 91.5 Å². The largest absolute Gasteiger partial charge is 0.252 e. The van der Waals surface area contributed by atoms with Crippen molar-refractivity contribution in [3.05, 3.63) is 58.7 Å². The third-order valence-electron chi connectivity index (χ3n) is 7.09. The second-order valence-electron chi connectivity index (χ2n) is 10.0. The zero-order valence-electron chi connectivity index (χ0n) is 23.9. The predicted octanol–water partition coefficient (Wildman–Crippen LogP) is 10.6. The average molecular weight is 581 g/mol. The molecule has 0 heterocycles. The van der Waals surface area contributed by atoms with Gasteiger partial charge in [-0.05, 0) is 98.9 Å². The number of benzene rings is 2. The normalized spacial score (nSPS) is 12.1. The smallest absolute Gasteiger partial charge is 0.0636 e. The number of hydrogen-bond acceptors (Lipinski definition) is 2. The molecule has 36 heavy (non-hydrogen) atoms. The van der Waals surface area contributed by atoms with Gasteiger partial charge in [0.15, 0.2) is 0 Å². The second kappa shape index (κ2) is 18.7. The molecule has 202 valence electrons. The number of rotatable bonds is 16. The summed E-state index contributed by atoms with van der Waals surface area (Å²) in [5, 5.41) is 0. The summed E-state index contributed by atoms with van der Waals surface area (Å²) in [4.78, 5) is 10.5. The van der Waals surface area contributed by atoms with E-state index in [0.717, 1.165) is 37.1 Å². The van der Waals surface area contributed by atoms with Gasteiger partial charge in [0.2, 0.25) is 0 Å². The number of hydrogen-bond donors (Lipinski definition) is 0. The van der Waals surface area contributed by atoms with Gasteiger partial charge in [-0.2, -0.15) is 0 Å². The Morgan fingerprint density at radius 2 is 1.06 bits per heavy atom. The summed E-state index contributed by atoms with van der Waals surface area (Å²) in [5.41, 5.74) is 10.0. The molecule has 0 amide bonds. The molecule has 0 radical (unpaired) electrons. The maximum atomic E-state index is 5.28. The number of aliphatic imine (C=N–C) groups is 2. The molecule has 0 aliphatic heterocycles. The van der Waals surface area contributed by atoms with Crippen molar-refractivity contribution in [3.8, 4) is 0 Å². The summed E-state index contributed by atoms with van der Waals surface area (Å²) < 4.78 is 0. The zero-order chi connectivity index (χ0) is 25.5. The van der Waals surface area contributed by atoms with Crippen molar-refractivity contribution in [1.82, 2.24) is 0 Å². The first-order chi connectivity index (χ1) is 17.0. The van der Waals surface area contributed by atoms with Crippen LogP contribution in [0, 0.1) is 13.8 Å². The molecule has 0 N–H and O–H groups in total. The van der Waals surface area contributed by atoms with Crippen LogP contribution in [-0.4, -0.2) is 11.4 Å². The number of nitrogens with zero attached hydrogens (tertiary/aromatic N) is 2. The monoisotopic (exact) mass is 580 g/mol. The van der Waals surface area contributed by atoms with Crippen molar-refractivity contribution < 1.29 is 20.4 Å². The predicted molar refractivity (Wildman–Crippen MR) is 157 cm³/mol. The van der Waals surface area contributed by atoms with Crippen molar-refractivity contribution >= 4 is 22.8 Å². The summed E-state index contributed by atoms with van der Waals surface area (Å²) in [6, 6.07) is 13.4. The van der Waals surface area contributed by atoms with Crippen LogP contribution < -0.4 is 0 Å². The SMILES string of the molecule is CCCCCCCCC(=Nc1ccc(CC)c(CC)c1)C(CCCCC)=Nc1ccc(C)c(C)c1.[Pd]. The van der Waals surface area contributed by atoms with E-state index in [0.29, 0.717) is 0 Å². The minimum Gasteiger partial charge on any atom is -0.252 e. The van der Waals surface area contributed by atoms with Gasteiger partial charge in [0.25, 0.3) is 0 Å². The molecule has 0 aliphatic rings. The maximum Gasteiger partial charge on any atom is 0.0636 e. The molecule has 0 saturated heterocycles. The van der Waals surface area contributed by atoms with E-state index < -0.39 is 0 Å². The molecule has 2 aromatic carbocycles. The van der Waals surface area contributed by atoms with Gasteiger partial charge in [-0.1, -0.05) is 84.8 Å². The number of aryl methyl sites for hydroxylation is 4. The van der Waals surface area contributed by atoms with Gasteiger partial charge in [0, 0.05) is 20.4 Å². The van der Waals surface area contributed by atoms with Gasteiger partial charge in [-0.15, -0.1) is 0 Å². The van der Waals surface area contributed by atoms with Crippen LogP contribution in [0.4, 0.5) is 11.4 Å². The summed E-state index contributed by atoms with van der Waals surface area (Å²) in [6.45, 7) is 13.4. The Kier molecular flexibility index (Phi) is 16.8. The first-order valence-corrected chi connectivity index (χ1v) is 14.4. The molecule has 0 fully saturated rings. The van der Waals surface area contributed by atoms with Crippen molar-refractivity contribution in [3.63, 3.8) is 0 Å². The Hall–Kier alpha value is -1.56. The Balaban J connectivity index is 0.00000648.